The van der Waals surface area contributed by atoms with Crippen molar-refractivity contribution in [3.8, 4) is 0 Å². The van der Waals surface area contributed by atoms with Crippen LogP contribution in [0.5, 0.6) is 0 Å². The Labute approximate surface area is 170 Å². The smallest absolute Gasteiger partial charge is 0.302 e. The molecule has 2 heterocycles. The molecule has 9 atom stereocenters. The van der Waals surface area contributed by atoms with Crippen LogP contribution >= 0.6 is 0 Å². The molecule has 2 aliphatic heterocycles. The topological polar surface area (TPSA) is 113 Å². The van der Waals surface area contributed by atoms with Gasteiger partial charge in [-0.2, -0.15) is 0 Å². The number of ether oxygens (including phenoxy) is 2. The zero-order valence-electron chi connectivity index (χ0n) is 17.0. The summed E-state index contributed by atoms with van der Waals surface area (Å²) in [4.78, 5) is 25.0. The number of carbonyl (C=O) groups excluding carboxylic acids is 2. The number of aliphatic hydroxyl groups is 3. The quantitative estimate of drug-likeness (QED) is 0.462. The highest BCUT2D eigenvalue weighted by atomic mass is 16.6. The van der Waals surface area contributed by atoms with Crippen LogP contribution in [0.4, 0.5) is 0 Å². The largest absolute Gasteiger partial charge is 0.465 e. The molecule has 4 aliphatic carbocycles. The Balaban J connectivity index is 1.68. The summed E-state index contributed by atoms with van der Waals surface area (Å²) < 4.78 is 11.3. The second-order valence-corrected chi connectivity index (χ2v) is 10.3. The summed E-state index contributed by atoms with van der Waals surface area (Å²) in [5, 5.41) is 34.5. The van der Waals surface area contributed by atoms with E-state index in [1.807, 2.05) is 6.92 Å². The predicted molar refractivity (Wildman–Crippen MR) is 100 cm³/mol. The van der Waals surface area contributed by atoms with Gasteiger partial charge in [0.05, 0.1) is 19.3 Å². The Kier molecular flexibility index (Phi) is 3.86. The van der Waals surface area contributed by atoms with E-state index in [1.165, 1.54) is 6.92 Å². The van der Waals surface area contributed by atoms with Crippen molar-refractivity contribution in [2.24, 2.45) is 34.0 Å². The SMILES string of the molecule is C=C1C(=O)[C@]23[C@H](O)[C@H]1CC[C@H]2[C@@]12CCC[C@@](C)(COC(C)=O)[C@@H]1[C@H](O)[C@]3(O)OC2. The monoisotopic (exact) mass is 406 g/mol. The van der Waals surface area contributed by atoms with Crippen molar-refractivity contribution in [3.63, 3.8) is 0 Å². The highest BCUT2D eigenvalue weighted by Crippen LogP contribution is 2.76. The molecule has 0 aromatic rings. The number of Topliss-reactive ketones (excluding diaryl/α,β-unsaturated/α-hetero) is 1. The second kappa shape index (κ2) is 5.69. The van der Waals surface area contributed by atoms with Crippen LogP contribution in [0, 0.1) is 34.0 Å². The molecule has 4 saturated carbocycles. The van der Waals surface area contributed by atoms with Crippen molar-refractivity contribution in [2.45, 2.75) is 63.9 Å². The van der Waals surface area contributed by atoms with E-state index in [1.54, 1.807) is 0 Å². The van der Waals surface area contributed by atoms with Gasteiger partial charge in [0.2, 0.25) is 5.79 Å². The number of hydrogen-bond donors (Lipinski definition) is 3. The van der Waals surface area contributed by atoms with Gasteiger partial charge in [0.15, 0.2) is 5.78 Å². The van der Waals surface area contributed by atoms with Crippen LogP contribution in [0.1, 0.15) is 46.0 Å². The van der Waals surface area contributed by atoms with Gasteiger partial charge in [-0.1, -0.05) is 19.9 Å². The average molecular weight is 406 g/mol. The average Bonchev–Trinajstić information content (AvgIpc) is 2.77. The van der Waals surface area contributed by atoms with E-state index in [2.05, 4.69) is 6.58 Å². The number of ketones is 1. The summed E-state index contributed by atoms with van der Waals surface area (Å²) in [5.41, 5.74) is -2.35. The van der Waals surface area contributed by atoms with E-state index in [0.717, 1.165) is 19.3 Å². The lowest BCUT2D eigenvalue weighted by atomic mass is 9.36. The molecule has 3 N–H and O–H groups in total. The number of fused-ring (bicyclic) bond motifs is 2. The van der Waals surface area contributed by atoms with Crippen molar-refractivity contribution in [2.75, 3.05) is 13.2 Å². The van der Waals surface area contributed by atoms with Crippen molar-refractivity contribution < 1.29 is 34.4 Å². The van der Waals surface area contributed by atoms with Gasteiger partial charge < -0.3 is 24.8 Å². The van der Waals surface area contributed by atoms with Gasteiger partial charge >= 0.3 is 5.97 Å². The first-order valence-corrected chi connectivity index (χ1v) is 10.7. The molecule has 0 radical (unpaired) electrons. The van der Waals surface area contributed by atoms with Gasteiger partial charge in [0.1, 0.15) is 11.5 Å². The minimum atomic E-state index is -2.17. The number of carbonyl (C=O) groups is 2. The van der Waals surface area contributed by atoms with E-state index in [-0.39, 0.29) is 30.9 Å². The molecule has 6 fully saturated rings. The van der Waals surface area contributed by atoms with Gasteiger partial charge in [0.25, 0.3) is 0 Å². The molecule has 2 spiro atoms. The predicted octanol–water partition coefficient (Wildman–Crippen LogP) is 0.948. The van der Waals surface area contributed by atoms with Crippen LogP contribution in [-0.2, 0) is 19.1 Å². The second-order valence-electron chi connectivity index (χ2n) is 10.3. The minimum Gasteiger partial charge on any atom is -0.465 e. The standard InChI is InChI=1S/C22H30O7/c1-11-13-5-6-14-20-8-4-7-19(3,9-28-12(2)23)15(20)18(26)22(27,29-10-20)21(14,16(11)24)17(13)25/h13-15,17-18,25-27H,1,4-10H2,2-3H3/t13-,14-,15-,17+,18-,19-,20-,21-,22-/m0/s1. The van der Waals surface area contributed by atoms with Gasteiger partial charge in [-0.25, -0.2) is 0 Å². The normalized spacial score (nSPS) is 55.4. The van der Waals surface area contributed by atoms with Gasteiger partial charge in [-0.15, -0.1) is 0 Å². The fraction of sp³-hybridized carbons (Fsp3) is 0.818. The Hall–Kier alpha value is -1.28. The van der Waals surface area contributed by atoms with Crippen LogP contribution in [-0.4, -0.2) is 58.3 Å². The van der Waals surface area contributed by atoms with Gasteiger partial charge in [-0.05, 0) is 37.2 Å². The maximum Gasteiger partial charge on any atom is 0.302 e. The molecule has 0 amide bonds. The number of hydrogen-bond acceptors (Lipinski definition) is 7. The Morgan fingerprint density at radius 2 is 2.00 bits per heavy atom. The first-order chi connectivity index (χ1) is 13.6. The van der Waals surface area contributed by atoms with Crippen molar-refractivity contribution >= 4 is 11.8 Å². The summed E-state index contributed by atoms with van der Waals surface area (Å²) >= 11 is 0. The lowest BCUT2D eigenvalue weighted by Gasteiger charge is -2.74. The third kappa shape index (κ3) is 1.94. The molecule has 6 aliphatic rings. The summed E-state index contributed by atoms with van der Waals surface area (Å²) in [5.74, 6) is -4.02. The Morgan fingerprint density at radius 3 is 2.69 bits per heavy atom. The lowest BCUT2D eigenvalue weighted by molar-refractivity contribution is -0.450. The van der Waals surface area contributed by atoms with Gasteiger partial charge in [-0.3, -0.25) is 9.59 Å². The zero-order chi connectivity index (χ0) is 21.0. The summed E-state index contributed by atoms with van der Waals surface area (Å²) in [7, 11) is 0. The number of esters is 1. The minimum absolute atomic E-state index is 0.146. The summed E-state index contributed by atoms with van der Waals surface area (Å²) in [6.07, 6.45) is 1.15. The molecule has 6 rings (SSSR count). The Morgan fingerprint density at radius 1 is 1.28 bits per heavy atom. The number of aliphatic hydroxyl groups excluding tert-OH is 2. The molecule has 160 valence electrons. The number of rotatable bonds is 2. The maximum absolute atomic E-state index is 13.5. The molecule has 7 heteroatoms. The first-order valence-electron chi connectivity index (χ1n) is 10.7. The van der Waals surface area contributed by atoms with Crippen LogP contribution in [0.2, 0.25) is 0 Å². The van der Waals surface area contributed by atoms with Crippen LogP contribution < -0.4 is 0 Å². The molecular weight excluding hydrogens is 376 g/mol. The third-order valence-electron chi connectivity index (χ3n) is 9.21. The molecule has 0 aromatic heterocycles. The summed E-state index contributed by atoms with van der Waals surface area (Å²) in [6, 6.07) is 0. The van der Waals surface area contributed by atoms with Crippen molar-refractivity contribution in [1.29, 1.82) is 0 Å². The molecular formula is C22H30O7. The highest BCUT2D eigenvalue weighted by molar-refractivity contribution is 6.05. The molecule has 2 saturated heterocycles. The van der Waals surface area contributed by atoms with E-state index >= 15 is 0 Å². The van der Waals surface area contributed by atoms with Crippen LogP contribution in [0.25, 0.3) is 0 Å². The van der Waals surface area contributed by atoms with E-state index < -0.39 is 46.1 Å². The van der Waals surface area contributed by atoms with Crippen LogP contribution in [0.3, 0.4) is 0 Å². The third-order valence-corrected chi connectivity index (χ3v) is 9.21. The Bertz CT molecular complexity index is 809. The van der Waals surface area contributed by atoms with Crippen molar-refractivity contribution in [1.82, 2.24) is 0 Å². The van der Waals surface area contributed by atoms with E-state index in [9.17, 15) is 24.9 Å². The fourth-order valence-corrected chi connectivity index (χ4v) is 8.24. The maximum atomic E-state index is 13.5. The van der Waals surface area contributed by atoms with Crippen LogP contribution in [0.15, 0.2) is 12.2 Å². The molecule has 4 bridgehead atoms. The molecule has 29 heavy (non-hydrogen) atoms. The zero-order valence-corrected chi connectivity index (χ0v) is 17.0. The lowest BCUT2D eigenvalue weighted by Crippen LogP contribution is -2.84. The molecule has 0 aromatic carbocycles. The highest BCUT2D eigenvalue weighted by Gasteiger charge is 2.85. The van der Waals surface area contributed by atoms with Gasteiger partial charge in [0, 0.05) is 29.6 Å². The molecule has 0 unspecified atom stereocenters. The van der Waals surface area contributed by atoms with E-state index in [4.69, 9.17) is 9.47 Å². The summed E-state index contributed by atoms with van der Waals surface area (Å²) in [6.45, 7) is 7.63. The molecule has 7 nitrogen and oxygen atoms in total. The van der Waals surface area contributed by atoms with Crippen molar-refractivity contribution in [3.05, 3.63) is 12.2 Å². The van der Waals surface area contributed by atoms with E-state index in [0.29, 0.717) is 18.4 Å². The fourth-order valence-electron chi connectivity index (χ4n) is 8.24. The first kappa shape index (κ1) is 19.7.